The standard InChI is InChI=1S/C12H14O3S2/c1-14-7-8-15-11(13)9-17-12(16)10-5-3-2-4-6-10/h2-6H,7-9H2,1H3. The summed E-state index contributed by atoms with van der Waals surface area (Å²) in [6.45, 7) is 0.702. The maximum absolute atomic E-state index is 11.3. The number of esters is 1. The average Bonchev–Trinajstić information content (AvgIpc) is 2.37. The first-order valence-electron chi connectivity index (χ1n) is 5.11. The van der Waals surface area contributed by atoms with Gasteiger partial charge in [-0.05, 0) is 5.56 Å². The number of carbonyl (C=O) groups excluding carboxylic acids is 1. The van der Waals surface area contributed by atoms with Gasteiger partial charge in [0.1, 0.15) is 6.61 Å². The van der Waals surface area contributed by atoms with Crippen LogP contribution in [0.25, 0.3) is 0 Å². The molecule has 0 bridgehead atoms. The van der Waals surface area contributed by atoms with Crippen LogP contribution < -0.4 is 0 Å². The Bertz CT molecular complexity index is 365. The van der Waals surface area contributed by atoms with E-state index < -0.39 is 0 Å². The first kappa shape index (κ1) is 14.2. The molecule has 0 amide bonds. The van der Waals surface area contributed by atoms with Crippen LogP contribution in [0.5, 0.6) is 0 Å². The highest BCUT2D eigenvalue weighted by molar-refractivity contribution is 8.24. The number of thiocarbonyl (C=S) groups is 1. The van der Waals surface area contributed by atoms with Crippen molar-refractivity contribution in [1.82, 2.24) is 0 Å². The zero-order valence-corrected chi connectivity index (χ0v) is 11.2. The second-order valence-electron chi connectivity index (χ2n) is 3.16. The highest BCUT2D eigenvalue weighted by Gasteiger charge is 2.07. The third-order valence-electron chi connectivity index (χ3n) is 1.88. The Hall–Kier alpha value is -0.910. The number of ether oxygens (including phenoxy) is 2. The summed E-state index contributed by atoms with van der Waals surface area (Å²) in [4.78, 5) is 11.3. The Labute approximate surface area is 110 Å². The predicted octanol–water partition coefficient (Wildman–Crippen LogP) is 2.28. The number of benzene rings is 1. The zero-order valence-electron chi connectivity index (χ0n) is 9.55. The molecule has 5 heteroatoms. The smallest absolute Gasteiger partial charge is 0.316 e. The summed E-state index contributed by atoms with van der Waals surface area (Å²) >= 11 is 6.52. The summed E-state index contributed by atoms with van der Waals surface area (Å²) < 4.78 is 10.4. The minimum atomic E-state index is -0.273. The van der Waals surface area contributed by atoms with Crippen molar-refractivity contribution in [3.05, 3.63) is 35.9 Å². The van der Waals surface area contributed by atoms with E-state index in [2.05, 4.69) is 0 Å². The lowest BCUT2D eigenvalue weighted by Crippen LogP contribution is -2.12. The molecule has 3 nitrogen and oxygen atoms in total. The van der Waals surface area contributed by atoms with Crippen LogP contribution in [0.15, 0.2) is 30.3 Å². The Morgan fingerprint density at radius 3 is 2.65 bits per heavy atom. The third-order valence-corrected chi connectivity index (χ3v) is 3.35. The number of hydrogen-bond donors (Lipinski definition) is 0. The SMILES string of the molecule is COCCOC(=O)CSC(=S)c1ccccc1. The van der Waals surface area contributed by atoms with Crippen LogP contribution in [0.2, 0.25) is 0 Å². The van der Waals surface area contributed by atoms with Gasteiger partial charge >= 0.3 is 5.97 Å². The fourth-order valence-corrected chi connectivity index (χ4v) is 2.01. The monoisotopic (exact) mass is 270 g/mol. The van der Waals surface area contributed by atoms with Gasteiger partial charge in [-0.3, -0.25) is 4.79 Å². The van der Waals surface area contributed by atoms with Crippen molar-refractivity contribution in [2.45, 2.75) is 0 Å². The van der Waals surface area contributed by atoms with E-state index in [1.807, 2.05) is 30.3 Å². The van der Waals surface area contributed by atoms with Crippen molar-refractivity contribution in [3.63, 3.8) is 0 Å². The van der Waals surface area contributed by atoms with Gasteiger partial charge in [0.25, 0.3) is 0 Å². The Morgan fingerprint density at radius 1 is 1.29 bits per heavy atom. The number of hydrogen-bond acceptors (Lipinski definition) is 5. The molecule has 0 spiro atoms. The second-order valence-corrected chi connectivity index (χ2v) is 4.81. The van der Waals surface area contributed by atoms with Crippen molar-refractivity contribution in [2.24, 2.45) is 0 Å². The molecule has 0 N–H and O–H groups in total. The fraction of sp³-hybridized carbons (Fsp3) is 0.333. The Balaban J connectivity index is 2.26. The molecular weight excluding hydrogens is 256 g/mol. The summed E-state index contributed by atoms with van der Waals surface area (Å²) in [5.74, 6) is -0.0393. The summed E-state index contributed by atoms with van der Waals surface area (Å²) in [7, 11) is 1.56. The lowest BCUT2D eigenvalue weighted by Gasteiger charge is -2.05. The molecule has 0 aliphatic heterocycles. The van der Waals surface area contributed by atoms with Crippen LogP contribution in [-0.4, -0.2) is 36.2 Å². The Kier molecular flexibility index (Phi) is 6.84. The number of methoxy groups -OCH3 is 1. The van der Waals surface area contributed by atoms with Crippen LogP contribution in [0.4, 0.5) is 0 Å². The fourth-order valence-electron chi connectivity index (χ4n) is 1.06. The molecule has 0 atom stereocenters. The van der Waals surface area contributed by atoms with E-state index in [9.17, 15) is 4.79 Å². The van der Waals surface area contributed by atoms with E-state index >= 15 is 0 Å². The molecule has 0 saturated carbocycles. The van der Waals surface area contributed by atoms with E-state index in [0.29, 0.717) is 10.8 Å². The van der Waals surface area contributed by atoms with Gasteiger partial charge in [0.15, 0.2) is 0 Å². The molecule has 0 aliphatic carbocycles. The summed E-state index contributed by atoms with van der Waals surface area (Å²) in [6.07, 6.45) is 0. The first-order valence-corrected chi connectivity index (χ1v) is 6.50. The molecule has 0 fully saturated rings. The van der Waals surface area contributed by atoms with Crippen molar-refractivity contribution < 1.29 is 14.3 Å². The minimum absolute atomic E-state index is 0.234. The van der Waals surface area contributed by atoms with Crippen LogP contribution in [0.1, 0.15) is 5.56 Å². The highest BCUT2D eigenvalue weighted by atomic mass is 32.2. The van der Waals surface area contributed by atoms with Gasteiger partial charge in [0.05, 0.1) is 16.6 Å². The predicted molar refractivity (Wildman–Crippen MR) is 73.4 cm³/mol. The van der Waals surface area contributed by atoms with Crippen molar-refractivity contribution in [1.29, 1.82) is 0 Å². The number of carbonyl (C=O) groups is 1. The van der Waals surface area contributed by atoms with Gasteiger partial charge < -0.3 is 9.47 Å². The van der Waals surface area contributed by atoms with E-state index in [-0.39, 0.29) is 18.3 Å². The average molecular weight is 270 g/mol. The quantitative estimate of drug-likeness (QED) is 0.450. The van der Waals surface area contributed by atoms with Gasteiger partial charge in [0.2, 0.25) is 0 Å². The highest BCUT2D eigenvalue weighted by Crippen LogP contribution is 2.13. The number of thioether (sulfide) groups is 1. The molecule has 1 aromatic carbocycles. The normalized spacial score (nSPS) is 9.94. The molecule has 0 aliphatic rings. The van der Waals surface area contributed by atoms with Gasteiger partial charge in [-0.1, -0.05) is 42.5 Å². The summed E-state index contributed by atoms with van der Waals surface area (Å²) in [6, 6.07) is 9.60. The van der Waals surface area contributed by atoms with Gasteiger partial charge in [-0.2, -0.15) is 0 Å². The minimum Gasteiger partial charge on any atom is -0.463 e. The molecule has 0 radical (unpaired) electrons. The van der Waals surface area contributed by atoms with Crippen LogP contribution in [0.3, 0.4) is 0 Å². The lowest BCUT2D eigenvalue weighted by atomic mass is 10.2. The second kappa shape index (κ2) is 8.22. The summed E-state index contributed by atoms with van der Waals surface area (Å²) in [5, 5.41) is 0. The van der Waals surface area contributed by atoms with Crippen LogP contribution in [0, 0.1) is 0 Å². The summed E-state index contributed by atoms with van der Waals surface area (Å²) in [5.41, 5.74) is 0.956. The third kappa shape index (κ3) is 5.81. The zero-order chi connectivity index (χ0) is 12.5. The molecule has 0 aromatic heterocycles. The van der Waals surface area contributed by atoms with E-state index in [1.54, 1.807) is 7.11 Å². The molecular formula is C12H14O3S2. The molecule has 0 saturated heterocycles. The van der Waals surface area contributed by atoms with Crippen molar-refractivity contribution in [3.8, 4) is 0 Å². The number of rotatable bonds is 6. The largest absolute Gasteiger partial charge is 0.463 e. The maximum Gasteiger partial charge on any atom is 0.316 e. The van der Waals surface area contributed by atoms with Gasteiger partial charge in [-0.25, -0.2) is 0 Å². The molecule has 0 heterocycles. The van der Waals surface area contributed by atoms with Gasteiger partial charge in [-0.15, -0.1) is 11.8 Å². The van der Waals surface area contributed by atoms with E-state index in [4.69, 9.17) is 21.7 Å². The first-order chi connectivity index (χ1) is 8.24. The van der Waals surface area contributed by atoms with E-state index in [1.165, 1.54) is 11.8 Å². The maximum atomic E-state index is 11.3. The van der Waals surface area contributed by atoms with Crippen molar-refractivity contribution >= 4 is 34.1 Å². The van der Waals surface area contributed by atoms with Gasteiger partial charge in [0, 0.05) is 7.11 Å². The lowest BCUT2D eigenvalue weighted by molar-refractivity contribution is -0.141. The van der Waals surface area contributed by atoms with E-state index in [0.717, 1.165) is 5.56 Å². The van der Waals surface area contributed by atoms with Crippen LogP contribution in [-0.2, 0) is 14.3 Å². The molecule has 92 valence electrons. The van der Waals surface area contributed by atoms with Crippen LogP contribution >= 0.6 is 24.0 Å². The molecule has 1 aromatic rings. The Morgan fingerprint density at radius 2 is 2.00 bits per heavy atom. The topological polar surface area (TPSA) is 35.5 Å². The molecule has 1 rings (SSSR count). The van der Waals surface area contributed by atoms with Crippen molar-refractivity contribution in [2.75, 3.05) is 26.1 Å². The molecule has 0 unspecified atom stereocenters. The molecule has 17 heavy (non-hydrogen) atoms.